The van der Waals surface area contributed by atoms with Crippen molar-refractivity contribution in [1.82, 2.24) is 19.4 Å². The molecule has 1 aromatic carbocycles. The molecule has 1 aromatic heterocycles. The highest BCUT2D eigenvalue weighted by atomic mass is 32.2. The second kappa shape index (κ2) is 8.64. The van der Waals surface area contributed by atoms with Crippen LogP contribution in [0.5, 0.6) is 0 Å². The molecule has 0 spiro atoms. The molecule has 0 radical (unpaired) electrons. The van der Waals surface area contributed by atoms with Crippen molar-refractivity contribution in [2.75, 3.05) is 25.5 Å². The van der Waals surface area contributed by atoms with E-state index in [9.17, 15) is 13.2 Å². The molecule has 0 bridgehead atoms. The summed E-state index contributed by atoms with van der Waals surface area (Å²) in [6.45, 7) is 6.12. The lowest BCUT2D eigenvalue weighted by atomic mass is 10.1. The van der Waals surface area contributed by atoms with Crippen LogP contribution in [0.25, 0.3) is 0 Å². The monoisotopic (exact) mass is 393 g/mol. The van der Waals surface area contributed by atoms with Crippen molar-refractivity contribution in [1.29, 1.82) is 0 Å². The van der Waals surface area contributed by atoms with Crippen LogP contribution in [0.1, 0.15) is 31.0 Å². The molecule has 27 heavy (non-hydrogen) atoms. The molecule has 0 aliphatic carbocycles. The summed E-state index contributed by atoms with van der Waals surface area (Å²) < 4.78 is 28.7. The zero-order valence-electron chi connectivity index (χ0n) is 16.4. The van der Waals surface area contributed by atoms with Crippen molar-refractivity contribution in [3.63, 3.8) is 0 Å². The van der Waals surface area contributed by atoms with Gasteiger partial charge in [-0.3, -0.25) is 9.48 Å². The van der Waals surface area contributed by atoms with Gasteiger partial charge in [0.1, 0.15) is 6.04 Å². The van der Waals surface area contributed by atoms with Crippen molar-refractivity contribution in [2.24, 2.45) is 7.05 Å². The number of anilines is 1. The summed E-state index contributed by atoms with van der Waals surface area (Å²) in [5.74, 6) is -0.291. The van der Waals surface area contributed by atoms with Crippen LogP contribution in [0.3, 0.4) is 0 Å². The van der Waals surface area contributed by atoms with Crippen LogP contribution in [-0.4, -0.2) is 48.5 Å². The Labute approximate surface area is 160 Å². The Morgan fingerprint density at radius 3 is 2.48 bits per heavy atom. The molecule has 0 aliphatic heterocycles. The number of amides is 1. The Kier molecular flexibility index (Phi) is 6.74. The van der Waals surface area contributed by atoms with E-state index in [1.165, 1.54) is 10.4 Å². The van der Waals surface area contributed by atoms with Crippen LogP contribution in [-0.2, 0) is 21.9 Å². The maximum Gasteiger partial charge on any atom is 0.246 e. The first-order chi connectivity index (χ1) is 12.7. The van der Waals surface area contributed by atoms with Gasteiger partial charge in [-0.05, 0) is 31.7 Å². The number of carbonyl (C=O) groups excluding carboxylic acids is 1. The second-order valence-corrected chi connectivity index (χ2v) is 8.13. The first-order valence-corrected chi connectivity index (χ1v) is 10.3. The average Bonchev–Trinajstić information content (AvgIpc) is 3.04. The summed E-state index contributed by atoms with van der Waals surface area (Å²) in [5.41, 5.74) is 1.79. The molecular formula is C18H27N5O3S. The van der Waals surface area contributed by atoms with E-state index in [2.05, 4.69) is 15.7 Å². The number of carbonyl (C=O) groups is 1. The van der Waals surface area contributed by atoms with Gasteiger partial charge in [-0.2, -0.15) is 9.40 Å². The second-order valence-electron chi connectivity index (χ2n) is 6.23. The molecule has 0 aliphatic rings. The van der Waals surface area contributed by atoms with Gasteiger partial charge in [0.15, 0.2) is 0 Å². The van der Waals surface area contributed by atoms with E-state index < -0.39 is 16.1 Å². The number of nitrogens with zero attached hydrogens (tertiary/aromatic N) is 3. The number of hydrogen-bond donors (Lipinski definition) is 2. The molecule has 9 heteroatoms. The number of aryl methyl sites for hydroxylation is 2. The number of sulfonamides is 1. The van der Waals surface area contributed by atoms with E-state index in [1.807, 2.05) is 0 Å². The summed E-state index contributed by atoms with van der Waals surface area (Å²) in [7, 11) is -0.152. The van der Waals surface area contributed by atoms with Gasteiger partial charge < -0.3 is 10.6 Å². The predicted octanol–water partition coefficient (Wildman–Crippen LogP) is 1.66. The number of likely N-dealkylation sites (N-methyl/N-ethyl adjacent to an activating group) is 1. The molecule has 2 aromatic rings. The molecule has 1 amide bonds. The molecule has 148 valence electrons. The standard InChI is InChI=1S/C18H27N5O3S/c1-6-23(7-2)27(25,26)16-10-15(9-8-13(16)3)21-18(24)17(19-4)14-11-20-22(5)12-14/h8-12,17,19H,6-7H2,1-5H3,(H,21,24). The van der Waals surface area contributed by atoms with Crippen molar-refractivity contribution >= 4 is 21.6 Å². The number of hydrogen-bond acceptors (Lipinski definition) is 5. The number of benzene rings is 1. The maximum absolute atomic E-state index is 12.9. The smallest absolute Gasteiger partial charge is 0.246 e. The minimum absolute atomic E-state index is 0.200. The van der Waals surface area contributed by atoms with Gasteiger partial charge in [0, 0.05) is 37.6 Å². The molecule has 0 saturated carbocycles. The van der Waals surface area contributed by atoms with E-state index >= 15 is 0 Å². The molecule has 2 rings (SSSR count). The molecule has 0 fully saturated rings. The molecule has 1 atom stereocenters. The summed E-state index contributed by atoms with van der Waals surface area (Å²) >= 11 is 0. The fraction of sp³-hybridized carbons (Fsp3) is 0.444. The highest BCUT2D eigenvalue weighted by Gasteiger charge is 2.25. The van der Waals surface area contributed by atoms with E-state index in [1.54, 1.807) is 64.1 Å². The minimum Gasteiger partial charge on any atom is -0.324 e. The lowest BCUT2D eigenvalue weighted by Crippen LogP contribution is -2.32. The lowest BCUT2D eigenvalue weighted by Gasteiger charge is -2.21. The zero-order valence-corrected chi connectivity index (χ0v) is 17.2. The Bertz CT molecular complexity index is 903. The van der Waals surface area contributed by atoms with E-state index in [-0.39, 0.29) is 10.8 Å². The summed E-state index contributed by atoms with van der Waals surface area (Å²) in [6.07, 6.45) is 3.37. The van der Waals surface area contributed by atoms with Crippen LogP contribution in [0, 0.1) is 6.92 Å². The Hall–Kier alpha value is -2.23. The summed E-state index contributed by atoms with van der Waals surface area (Å²) in [5, 5.41) is 9.83. The van der Waals surface area contributed by atoms with Crippen LogP contribution in [0.2, 0.25) is 0 Å². The first kappa shape index (κ1) is 21.1. The lowest BCUT2D eigenvalue weighted by molar-refractivity contribution is -0.118. The van der Waals surface area contributed by atoms with Crippen LogP contribution in [0.4, 0.5) is 5.69 Å². The topological polar surface area (TPSA) is 96.3 Å². The Morgan fingerprint density at radius 2 is 1.96 bits per heavy atom. The molecule has 8 nitrogen and oxygen atoms in total. The van der Waals surface area contributed by atoms with Crippen LogP contribution < -0.4 is 10.6 Å². The number of aromatic nitrogens is 2. The van der Waals surface area contributed by atoms with Gasteiger partial charge in [-0.1, -0.05) is 19.9 Å². The number of rotatable bonds is 8. The average molecular weight is 394 g/mol. The van der Waals surface area contributed by atoms with Crippen molar-refractivity contribution in [2.45, 2.75) is 31.7 Å². The third kappa shape index (κ3) is 4.55. The van der Waals surface area contributed by atoms with E-state index in [0.29, 0.717) is 24.3 Å². The van der Waals surface area contributed by atoms with E-state index in [4.69, 9.17) is 0 Å². The first-order valence-electron chi connectivity index (χ1n) is 8.82. The quantitative estimate of drug-likeness (QED) is 0.711. The van der Waals surface area contributed by atoms with Crippen LogP contribution >= 0.6 is 0 Å². The van der Waals surface area contributed by atoms with Crippen molar-refractivity contribution in [3.8, 4) is 0 Å². The Balaban J connectivity index is 2.31. The molecular weight excluding hydrogens is 366 g/mol. The third-order valence-electron chi connectivity index (χ3n) is 4.39. The highest BCUT2D eigenvalue weighted by molar-refractivity contribution is 7.89. The predicted molar refractivity (Wildman–Crippen MR) is 105 cm³/mol. The largest absolute Gasteiger partial charge is 0.324 e. The van der Waals surface area contributed by atoms with Gasteiger partial charge >= 0.3 is 0 Å². The fourth-order valence-corrected chi connectivity index (χ4v) is 4.62. The molecule has 0 saturated heterocycles. The summed E-state index contributed by atoms with van der Waals surface area (Å²) in [4.78, 5) is 12.9. The van der Waals surface area contributed by atoms with Gasteiger partial charge in [-0.25, -0.2) is 8.42 Å². The van der Waals surface area contributed by atoms with Crippen molar-refractivity contribution < 1.29 is 13.2 Å². The Morgan fingerprint density at radius 1 is 1.30 bits per heavy atom. The minimum atomic E-state index is -3.61. The van der Waals surface area contributed by atoms with E-state index in [0.717, 1.165) is 5.56 Å². The van der Waals surface area contributed by atoms with Crippen LogP contribution in [0.15, 0.2) is 35.5 Å². The van der Waals surface area contributed by atoms with Crippen molar-refractivity contribution in [3.05, 3.63) is 41.7 Å². The third-order valence-corrected chi connectivity index (χ3v) is 6.58. The molecule has 1 heterocycles. The molecule has 2 N–H and O–H groups in total. The SMILES string of the molecule is CCN(CC)S(=O)(=O)c1cc(NC(=O)C(NC)c2cnn(C)c2)ccc1C. The fourth-order valence-electron chi connectivity index (χ4n) is 2.91. The van der Waals surface area contributed by atoms with Gasteiger partial charge in [0.05, 0.1) is 11.1 Å². The normalized spacial score (nSPS) is 13.0. The van der Waals surface area contributed by atoms with Gasteiger partial charge in [0.2, 0.25) is 15.9 Å². The zero-order chi connectivity index (χ0) is 20.2. The summed E-state index contributed by atoms with van der Waals surface area (Å²) in [6, 6.07) is 4.31. The van der Waals surface area contributed by atoms with Gasteiger partial charge in [0.25, 0.3) is 0 Å². The maximum atomic E-state index is 12.9. The van der Waals surface area contributed by atoms with Gasteiger partial charge in [-0.15, -0.1) is 0 Å². The highest BCUT2D eigenvalue weighted by Crippen LogP contribution is 2.24. The number of nitrogens with one attached hydrogen (secondary N) is 2. The molecule has 1 unspecified atom stereocenters.